The molecule has 0 aromatic carbocycles. The van der Waals surface area contributed by atoms with E-state index >= 15 is 0 Å². The highest BCUT2D eigenvalue weighted by Crippen LogP contribution is 2.20. The topological polar surface area (TPSA) is 53.5 Å². The lowest BCUT2D eigenvalue weighted by atomic mass is 10.1. The van der Waals surface area contributed by atoms with Crippen LogP contribution in [-0.2, 0) is 10.0 Å². The van der Waals surface area contributed by atoms with E-state index in [9.17, 15) is 8.42 Å². The van der Waals surface area contributed by atoms with Gasteiger partial charge < -0.3 is 4.90 Å². The van der Waals surface area contributed by atoms with Crippen molar-refractivity contribution in [3.8, 4) is 0 Å². The highest BCUT2D eigenvalue weighted by Gasteiger charge is 2.28. The molecule has 1 saturated heterocycles. The molecule has 0 unspecified atom stereocenters. The number of hydrogen-bond acceptors (Lipinski definition) is 4. The second kappa shape index (κ2) is 7.17. The number of hydrogen-bond donors (Lipinski definition) is 0. The van der Waals surface area contributed by atoms with Crippen molar-refractivity contribution in [2.24, 2.45) is 5.92 Å². The van der Waals surface area contributed by atoms with Gasteiger partial charge in [-0.3, -0.25) is 4.98 Å². The van der Waals surface area contributed by atoms with E-state index in [0.717, 1.165) is 26.1 Å². The maximum atomic E-state index is 12.6. The van der Waals surface area contributed by atoms with Gasteiger partial charge >= 0.3 is 0 Å². The summed E-state index contributed by atoms with van der Waals surface area (Å²) >= 11 is 3.27. The number of rotatable bonds is 5. The van der Waals surface area contributed by atoms with E-state index in [4.69, 9.17) is 0 Å². The van der Waals surface area contributed by atoms with Crippen LogP contribution in [-0.4, -0.2) is 55.3 Å². The predicted octanol–water partition coefficient (Wildman–Crippen LogP) is 2.20. The van der Waals surface area contributed by atoms with Gasteiger partial charge in [0.05, 0.1) is 0 Å². The van der Waals surface area contributed by atoms with Crippen LogP contribution in [0.4, 0.5) is 0 Å². The molecule has 0 spiro atoms. The van der Waals surface area contributed by atoms with Gasteiger partial charge in [0.1, 0.15) is 4.90 Å². The average Bonchev–Trinajstić information content (AvgIpc) is 2.45. The highest BCUT2D eigenvalue weighted by molar-refractivity contribution is 9.10. The summed E-state index contributed by atoms with van der Waals surface area (Å²) in [6.07, 6.45) is 4.15. The molecular formula is C14H22BrN3O2S. The summed E-state index contributed by atoms with van der Waals surface area (Å²) < 4.78 is 27.4. The molecule has 118 valence electrons. The summed E-state index contributed by atoms with van der Waals surface area (Å²) in [6, 6.07) is 1.60. The number of sulfonamides is 1. The average molecular weight is 376 g/mol. The van der Waals surface area contributed by atoms with Gasteiger partial charge in [0.2, 0.25) is 10.0 Å². The van der Waals surface area contributed by atoms with Crippen LogP contribution in [0.5, 0.6) is 0 Å². The van der Waals surface area contributed by atoms with Crippen LogP contribution in [0.15, 0.2) is 27.8 Å². The lowest BCUT2D eigenvalue weighted by Crippen LogP contribution is -2.48. The molecule has 1 fully saturated rings. The van der Waals surface area contributed by atoms with Gasteiger partial charge in [-0.1, -0.05) is 13.8 Å². The number of pyridine rings is 1. The molecule has 7 heteroatoms. The molecule has 1 aromatic heterocycles. The molecule has 1 aliphatic rings. The number of nitrogens with zero attached hydrogens (tertiary/aromatic N) is 3. The van der Waals surface area contributed by atoms with Crippen LogP contribution in [0.2, 0.25) is 0 Å². The minimum Gasteiger partial charge on any atom is -0.301 e. The van der Waals surface area contributed by atoms with Crippen molar-refractivity contribution < 1.29 is 8.42 Å². The second-order valence-electron chi connectivity index (χ2n) is 5.77. The summed E-state index contributed by atoms with van der Waals surface area (Å²) in [5, 5.41) is 0. The molecule has 0 aliphatic carbocycles. The quantitative estimate of drug-likeness (QED) is 0.791. The number of piperazine rings is 1. The molecule has 5 nitrogen and oxygen atoms in total. The minimum atomic E-state index is -3.43. The third kappa shape index (κ3) is 4.48. The predicted molar refractivity (Wildman–Crippen MR) is 86.6 cm³/mol. The Morgan fingerprint density at radius 3 is 2.48 bits per heavy atom. The first-order valence-electron chi connectivity index (χ1n) is 7.22. The van der Waals surface area contributed by atoms with Crippen molar-refractivity contribution in [2.75, 3.05) is 32.7 Å². The van der Waals surface area contributed by atoms with Gasteiger partial charge in [-0.25, -0.2) is 8.42 Å². The first-order valence-corrected chi connectivity index (χ1v) is 9.46. The highest BCUT2D eigenvalue weighted by atomic mass is 79.9. The Morgan fingerprint density at radius 1 is 1.24 bits per heavy atom. The van der Waals surface area contributed by atoms with Crippen LogP contribution in [0.1, 0.15) is 20.3 Å². The summed E-state index contributed by atoms with van der Waals surface area (Å²) in [7, 11) is -3.43. The van der Waals surface area contributed by atoms with Crippen LogP contribution in [0.25, 0.3) is 0 Å². The standard InChI is InChI=1S/C14H22BrN3O2S/c1-12(2)3-4-17-5-7-18(8-6-17)21(19,20)14-9-13(15)10-16-11-14/h9-12H,3-8H2,1-2H3. The van der Waals surface area contributed by atoms with Crippen molar-refractivity contribution in [1.82, 2.24) is 14.2 Å². The van der Waals surface area contributed by atoms with E-state index in [-0.39, 0.29) is 4.90 Å². The summed E-state index contributed by atoms with van der Waals surface area (Å²) in [4.78, 5) is 6.54. The molecule has 0 radical (unpaired) electrons. The molecule has 21 heavy (non-hydrogen) atoms. The van der Waals surface area contributed by atoms with Gasteiger partial charge in [-0.05, 0) is 40.9 Å². The number of aromatic nitrogens is 1. The Labute approximate surface area is 135 Å². The third-order valence-corrected chi connectivity index (χ3v) is 5.97. The van der Waals surface area contributed by atoms with Gasteiger partial charge in [0.15, 0.2) is 0 Å². The molecule has 0 atom stereocenters. The third-order valence-electron chi connectivity index (χ3n) is 3.67. The molecule has 2 heterocycles. The lowest BCUT2D eigenvalue weighted by Gasteiger charge is -2.34. The normalized spacial score (nSPS) is 18.3. The first kappa shape index (κ1) is 16.9. The zero-order valence-corrected chi connectivity index (χ0v) is 14.9. The van der Waals surface area contributed by atoms with Crippen molar-refractivity contribution in [1.29, 1.82) is 0 Å². The van der Waals surface area contributed by atoms with Crippen molar-refractivity contribution in [2.45, 2.75) is 25.2 Å². The Hall–Kier alpha value is -0.500. The van der Waals surface area contributed by atoms with Crippen LogP contribution < -0.4 is 0 Å². The Morgan fingerprint density at radius 2 is 1.90 bits per heavy atom. The van der Waals surface area contributed by atoms with E-state index in [2.05, 4.69) is 39.7 Å². The molecule has 0 amide bonds. The minimum absolute atomic E-state index is 0.257. The zero-order valence-electron chi connectivity index (χ0n) is 12.5. The second-order valence-corrected chi connectivity index (χ2v) is 8.62. The Balaban J connectivity index is 1.98. The maximum absolute atomic E-state index is 12.6. The largest absolute Gasteiger partial charge is 0.301 e. The fourth-order valence-corrected chi connectivity index (χ4v) is 4.25. The smallest absolute Gasteiger partial charge is 0.244 e. The summed E-state index contributed by atoms with van der Waals surface area (Å²) in [5.41, 5.74) is 0. The maximum Gasteiger partial charge on any atom is 0.244 e. The van der Waals surface area contributed by atoms with E-state index in [1.807, 2.05) is 0 Å². The Bertz CT molecular complexity index is 569. The Kier molecular flexibility index (Phi) is 5.76. The van der Waals surface area contributed by atoms with Gasteiger partial charge in [-0.2, -0.15) is 4.31 Å². The van der Waals surface area contributed by atoms with E-state index in [0.29, 0.717) is 23.5 Å². The van der Waals surface area contributed by atoms with E-state index in [1.54, 1.807) is 16.6 Å². The zero-order chi connectivity index (χ0) is 15.5. The summed E-state index contributed by atoms with van der Waals surface area (Å²) in [6.45, 7) is 8.16. The molecule has 1 aromatic rings. The fourth-order valence-electron chi connectivity index (χ4n) is 2.32. The molecule has 2 rings (SSSR count). The van der Waals surface area contributed by atoms with E-state index in [1.165, 1.54) is 6.20 Å². The summed E-state index contributed by atoms with van der Waals surface area (Å²) in [5.74, 6) is 0.680. The first-order chi connectivity index (χ1) is 9.89. The molecule has 0 N–H and O–H groups in total. The van der Waals surface area contributed by atoms with Gasteiger partial charge in [0, 0.05) is 43.0 Å². The van der Waals surface area contributed by atoms with Crippen molar-refractivity contribution >= 4 is 26.0 Å². The van der Waals surface area contributed by atoms with Crippen LogP contribution in [0, 0.1) is 5.92 Å². The monoisotopic (exact) mass is 375 g/mol. The molecule has 0 saturated carbocycles. The van der Waals surface area contributed by atoms with Crippen LogP contribution >= 0.6 is 15.9 Å². The molecule has 1 aliphatic heterocycles. The molecular weight excluding hydrogens is 354 g/mol. The molecule has 0 bridgehead atoms. The lowest BCUT2D eigenvalue weighted by molar-refractivity contribution is 0.180. The van der Waals surface area contributed by atoms with Crippen molar-refractivity contribution in [3.05, 3.63) is 22.9 Å². The van der Waals surface area contributed by atoms with Crippen molar-refractivity contribution in [3.63, 3.8) is 0 Å². The van der Waals surface area contributed by atoms with Gasteiger partial charge in [-0.15, -0.1) is 0 Å². The van der Waals surface area contributed by atoms with Crippen LogP contribution in [0.3, 0.4) is 0 Å². The number of halogens is 1. The SMILES string of the molecule is CC(C)CCN1CCN(S(=O)(=O)c2cncc(Br)c2)CC1. The van der Waals surface area contributed by atoms with E-state index < -0.39 is 10.0 Å². The van der Waals surface area contributed by atoms with Gasteiger partial charge in [0.25, 0.3) is 0 Å². The fraction of sp³-hybridized carbons (Fsp3) is 0.643.